The van der Waals surface area contributed by atoms with Crippen molar-refractivity contribution in [2.24, 2.45) is 0 Å². The number of hydrogen-bond donors (Lipinski definition) is 0. The summed E-state index contributed by atoms with van der Waals surface area (Å²) >= 11 is 0. The highest BCUT2D eigenvalue weighted by atomic mass is 32.2. The van der Waals surface area contributed by atoms with Gasteiger partial charge in [-0.25, -0.2) is 12.7 Å². The number of rotatable bonds is 10. The lowest BCUT2D eigenvalue weighted by Gasteiger charge is -2.26. The number of ether oxygens (including phenoxy) is 2. The lowest BCUT2D eigenvalue weighted by molar-refractivity contribution is -0.127. The van der Waals surface area contributed by atoms with Crippen LogP contribution in [0.5, 0.6) is 11.5 Å². The Hall–Kier alpha value is -3.32. The summed E-state index contributed by atoms with van der Waals surface area (Å²) in [6.45, 7) is 1.88. The summed E-state index contributed by atoms with van der Waals surface area (Å²) in [4.78, 5) is 13.8. The van der Waals surface area contributed by atoms with Crippen molar-refractivity contribution in [2.75, 3.05) is 21.3 Å². The lowest BCUT2D eigenvalue weighted by Crippen LogP contribution is -2.37. The van der Waals surface area contributed by atoms with Crippen LogP contribution in [0.15, 0.2) is 77.7 Å². The van der Waals surface area contributed by atoms with Crippen molar-refractivity contribution >= 4 is 15.9 Å². The number of likely N-dealkylation sites (N-methyl/N-ethyl adjacent to an activating group) is 1. The molecule has 3 rings (SSSR count). The molecule has 0 fully saturated rings. The van der Waals surface area contributed by atoms with E-state index in [1.54, 1.807) is 30.3 Å². The molecular weight excluding hydrogens is 450 g/mol. The van der Waals surface area contributed by atoms with Crippen LogP contribution in [0.3, 0.4) is 0 Å². The molecule has 0 radical (unpaired) electrons. The van der Waals surface area contributed by atoms with Crippen molar-refractivity contribution < 1.29 is 22.7 Å². The van der Waals surface area contributed by atoms with Gasteiger partial charge in [0.1, 0.15) is 11.5 Å². The van der Waals surface area contributed by atoms with Crippen LogP contribution < -0.4 is 9.47 Å². The SMILES string of the molecule is COc1cccc(OC)c1C(CCCc1ccccc1)C(=O)N(C)S(=O)(=O)c1ccc(C)cc1. The van der Waals surface area contributed by atoms with Gasteiger partial charge in [-0.05, 0) is 56.0 Å². The van der Waals surface area contributed by atoms with Gasteiger partial charge in [0, 0.05) is 12.6 Å². The van der Waals surface area contributed by atoms with Gasteiger partial charge in [0.2, 0.25) is 5.91 Å². The Kier molecular flexibility index (Phi) is 8.34. The van der Waals surface area contributed by atoms with Gasteiger partial charge >= 0.3 is 0 Å². The highest BCUT2D eigenvalue weighted by molar-refractivity contribution is 7.89. The molecular formula is C27H31NO5S. The van der Waals surface area contributed by atoms with E-state index in [-0.39, 0.29) is 4.90 Å². The molecule has 0 saturated heterocycles. The second kappa shape index (κ2) is 11.2. The van der Waals surface area contributed by atoms with E-state index in [0.29, 0.717) is 29.9 Å². The quantitative estimate of drug-likeness (QED) is 0.409. The molecule has 0 aliphatic carbocycles. The number of nitrogens with zero attached hydrogens (tertiary/aromatic N) is 1. The van der Waals surface area contributed by atoms with Gasteiger partial charge < -0.3 is 9.47 Å². The number of sulfonamides is 1. The summed E-state index contributed by atoms with van der Waals surface area (Å²) in [5.74, 6) is -0.325. The highest BCUT2D eigenvalue weighted by Gasteiger charge is 2.35. The monoisotopic (exact) mass is 481 g/mol. The smallest absolute Gasteiger partial charge is 0.266 e. The number of amides is 1. The van der Waals surface area contributed by atoms with Gasteiger partial charge in [-0.1, -0.05) is 54.1 Å². The van der Waals surface area contributed by atoms with Gasteiger partial charge in [0.15, 0.2) is 0 Å². The molecule has 0 spiro atoms. The van der Waals surface area contributed by atoms with Crippen molar-refractivity contribution in [2.45, 2.75) is 37.0 Å². The van der Waals surface area contributed by atoms with Crippen molar-refractivity contribution in [1.29, 1.82) is 0 Å². The number of carbonyl (C=O) groups is 1. The molecule has 3 aromatic rings. The minimum Gasteiger partial charge on any atom is -0.496 e. The predicted octanol–water partition coefficient (Wildman–Crippen LogP) is 4.97. The fraction of sp³-hybridized carbons (Fsp3) is 0.296. The topological polar surface area (TPSA) is 72.9 Å². The van der Waals surface area contributed by atoms with E-state index < -0.39 is 21.8 Å². The number of methoxy groups -OCH3 is 2. The largest absolute Gasteiger partial charge is 0.496 e. The van der Waals surface area contributed by atoms with Crippen molar-refractivity contribution in [3.63, 3.8) is 0 Å². The zero-order chi connectivity index (χ0) is 24.7. The van der Waals surface area contributed by atoms with Gasteiger partial charge in [0.05, 0.1) is 25.0 Å². The Labute approximate surface area is 202 Å². The summed E-state index contributed by atoms with van der Waals surface area (Å²) < 4.78 is 38.5. The normalized spacial score (nSPS) is 12.1. The summed E-state index contributed by atoms with van der Waals surface area (Å²) in [7, 11) is 0.336. The van der Waals surface area contributed by atoms with Crippen molar-refractivity contribution in [1.82, 2.24) is 4.31 Å². The molecule has 180 valence electrons. The summed E-state index contributed by atoms with van der Waals surface area (Å²) in [6, 6.07) is 21.7. The average Bonchev–Trinajstić information content (AvgIpc) is 2.86. The lowest BCUT2D eigenvalue weighted by atomic mass is 9.90. The van der Waals surface area contributed by atoms with Crippen LogP contribution in [0.25, 0.3) is 0 Å². The molecule has 1 unspecified atom stereocenters. The number of hydrogen-bond acceptors (Lipinski definition) is 5. The Bertz CT molecular complexity index is 1190. The van der Waals surface area contributed by atoms with Crippen molar-refractivity contribution in [3.8, 4) is 11.5 Å². The molecule has 0 saturated carbocycles. The van der Waals surface area contributed by atoms with Crippen LogP contribution in [-0.4, -0.2) is 39.9 Å². The molecule has 6 nitrogen and oxygen atoms in total. The fourth-order valence-electron chi connectivity index (χ4n) is 3.98. The number of aryl methyl sites for hydroxylation is 2. The molecule has 0 aliphatic rings. The summed E-state index contributed by atoms with van der Waals surface area (Å²) in [5, 5.41) is 0. The van der Waals surface area contributed by atoms with Crippen LogP contribution in [0.2, 0.25) is 0 Å². The molecule has 0 bridgehead atoms. The van der Waals surface area contributed by atoms with E-state index in [4.69, 9.17) is 9.47 Å². The van der Waals surface area contributed by atoms with E-state index in [0.717, 1.165) is 21.9 Å². The molecule has 0 aromatic heterocycles. The van der Waals surface area contributed by atoms with Crippen molar-refractivity contribution in [3.05, 3.63) is 89.5 Å². The molecule has 1 atom stereocenters. The Morgan fingerprint density at radius 1 is 0.882 bits per heavy atom. The number of benzene rings is 3. The average molecular weight is 482 g/mol. The maximum atomic E-state index is 13.7. The van der Waals surface area contributed by atoms with E-state index in [1.807, 2.05) is 37.3 Å². The molecule has 0 N–H and O–H groups in total. The predicted molar refractivity (Wildman–Crippen MR) is 133 cm³/mol. The third-order valence-electron chi connectivity index (χ3n) is 5.90. The van der Waals surface area contributed by atoms with E-state index in [2.05, 4.69) is 0 Å². The first-order chi connectivity index (χ1) is 16.3. The van der Waals surface area contributed by atoms with Gasteiger partial charge in [-0.3, -0.25) is 4.79 Å². The minimum absolute atomic E-state index is 0.0731. The second-order valence-electron chi connectivity index (χ2n) is 8.13. The van der Waals surface area contributed by atoms with Crippen LogP contribution >= 0.6 is 0 Å². The molecule has 7 heteroatoms. The van der Waals surface area contributed by atoms with E-state index in [1.165, 1.54) is 33.4 Å². The Morgan fingerprint density at radius 2 is 1.47 bits per heavy atom. The fourth-order valence-corrected chi connectivity index (χ4v) is 5.14. The second-order valence-corrected chi connectivity index (χ2v) is 10.1. The summed E-state index contributed by atoms with van der Waals surface area (Å²) in [6.07, 6.45) is 1.87. The number of carbonyl (C=O) groups excluding carboxylic acids is 1. The van der Waals surface area contributed by atoms with Gasteiger partial charge in [0.25, 0.3) is 10.0 Å². The minimum atomic E-state index is -4.02. The maximum absolute atomic E-state index is 13.7. The zero-order valence-electron chi connectivity index (χ0n) is 20.0. The Balaban J connectivity index is 1.97. The molecule has 34 heavy (non-hydrogen) atoms. The first-order valence-electron chi connectivity index (χ1n) is 11.1. The van der Waals surface area contributed by atoms with Gasteiger partial charge in [-0.15, -0.1) is 0 Å². The zero-order valence-corrected chi connectivity index (χ0v) is 20.8. The highest BCUT2D eigenvalue weighted by Crippen LogP contribution is 2.39. The molecule has 0 aliphatic heterocycles. The first kappa shape index (κ1) is 25.3. The Morgan fingerprint density at radius 3 is 2.03 bits per heavy atom. The van der Waals surface area contributed by atoms with Gasteiger partial charge in [-0.2, -0.15) is 0 Å². The van der Waals surface area contributed by atoms with Crippen LogP contribution in [-0.2, 0) is 21.2 Å². The first-order valence-corrected chi connectivity index (χ1v) is 12.6. The van der Waals surface area contributed by atoms with E-state index in [9.17, 15) is 13.2 Å². The summed E-state index contributed by atoms with van der Waals surface area (Å²) in [5.41, 5.74) is 2.64. The molecule has 0 heterocycles. The standard InChI is InChI=1S/C27H31NO5S/c1-20-16-18-22(19-17-20)34(30,31)28(2)27(29)23(13-8-12-21-10-6-5-7-11-21)26-24(32-3)14-9-15-25(26)33-4/h5-7,9-11,14-19,23H,8,12-13H2,1-4H3. The third kappa shape index (κ3) is 5.59. The third-order valence-corrected chi connectivity index (χ3v) is 7.67. The molecule has 1 amide bonds. The van der Waals surface area contributed by atoms with Crippen LogP contribution in [0.1, 0.15) is 35.4 Å². The van der Waals surface area contributed by atoms with E-state index >= 15 is 0 Å². The maximum Gasteiger partial charge on any atom is 0.266 e. The van der Waals surface area contributed by atoms with Crippen LogP contribution in [0, 0.1) is 6.92 Å². The molecule has 3 aromatic carbocycles. The van der Waals surface area contributed by atoms with Crippen LogP contribution in [0.4, 0.5) is 0 Å².